The first-order valence-corrected chi connectivity index (χ1v) is 6.28. The van der Waals surface area contributed by atoms with Gasteiger partial charge in [-0.1, -0.05) is 18.2 Å². The van der Waals surface area contributed by atoms with Crippen LogP contribution in [0.4, 0.5) is 10.5 Å². The highest BCUT2D eigenvalue weighted by Crippen LogP contribution is 2.18. The molecule has 1 aliphatic rings. The van der Waals surface area contributed by atoms with Gasteiger partial charge in [-0.2, -0.15) is 0 Å². The number of ketones is 1. The second-order valence-electron chi connectivity index (χ2n) is 4.69. The Kier molecular flexibility index (Phi) is 3.97. The van der Waals surface area contributed by atoms with E-state index in [1.165, 1.54) is 0 Å². The van der Waals surface area contributed by atoms with E-state index < -0.39 is 0 Å². The van der Waals surface area contributed by atoms with Gasteiger partial charge in [0, 0.05) is 24.7 Å². The molecule has 1 heterocycles. The van der Waals surface area contributed by atoms with Crippen molar-refractivity contribution in [1.29, 1.82) is 0 Å². The number of hydrogen-bond donors (Lipinski definition) is 1. The fourth-order valence-corrected chi connectivity index (χ4v) is 2.22. The molecule has 1 aromatic rings. The first-order valence-electron chi connectivity index (χ1n) is 6.28. The molecule has 1 unspecified atom stereocenters. The number of anilines is 1. The second kappa shape index (κ2) is 5.67. The normalized spacial score (nSPS) is 19.4. The molecule has 0 radical (unpaired) electrons. The summed E-state index contributed by atoms with van der Waals surface area (Å²) in [4.78, 5) is 25.1. The molecule has 0 spiro atoms. The van der Waals surface area contributed by atoms with Gasteiger partial charge in [0.15, 0.2) is 0 Å². The molecule has 4 nitrogen and oxygen atoms in total. The Balaban J connectivity index is 1.95. The lowest BCUT2D eigenvalue weighted by atomic mass is 9.95. The summed E-state index contributed by atoms with van der Waals surface area (Å²) in [6.45, 7) is 2.86. The number of carbonyl (C=O) groups is 2. The minimum atomic E-state index is -0.118. The highest BCUT2D eigenvalue weighted by atomic mass is 16.2. The molecule has 96 valence electrons. The van der Waals surface area contributed by atoms with Crippen LogP contribution in [0.5, 0.6) is 0 Å². The molecule has 0 saturated carbocycles. The van der Waals surface area contributed by atoms with E-state index in [0.29, 0.717) is 6.54 Å². The van der Waals surface area contributed by atoms with E-state index in [1.807, 2.05) is 30.3 Å². The standard InChI is InChI=1S/C14H18N2O2/c1-11(17)12-6-5-9-16(10-12)14(18)15-13-7-3-2-4-8-13/h2-4,7-8,12H,5-6,9-10H2,1H3,(H,15,18). The van der Waals surface area contributed by atoms with E-state index in [1.54, 1.807) is 11.8 Å². The summed E-state index contributed by atoms with van der Waals surface area (Å²) in [5, 5.41) is 2.85. The highest BCUT2D eigenvalue weighted by molar-refractivity contribution is 5.90. The number of likely N-dealkylation sites (tertiary alicyclic amines) is 1. The maximum atomic E-state index is 12.0. The van der Waals surface area contributed by atoms with E-state index in [-0.39, 0.29) is 17.7 Å². The Labute approximate surface area is 107 Å². The topological polar surface area (TPSA) is 49.4 Å². The molecule has 18 heavy (non-hydrogen) atoms. The molecule has 0 aromatic heterocycles. The molecule has 1 aromatic carbocycles. The number of piperidine rings is 1. The van der Waals surface area contributed by atoms with Gasteiger partial charge in [-0.05, 0) is 31.9 Å². The van der Waals surface area contributed by atoms with E-state index >= 15 is 0 Å². The smallest absolute Gasteiger partial charge is 0.321 e. The molecule has 1 aliphatic heterocycles. The predicted octanol–water partition coefficient (Wildman–Crippen LogP) is 2.52. The van der Waals surface area contributed by atoms with Crippen LogP contribution in [0.3, 0.4) is 0 Å². The maximum Gasteiger partial charge on any atom is 0.321 e. The fourth-order valence-electron chi connectivity index (χ4n) is 2.22. The maximum absolute atomic E-state index is 12.0. The van der Waals surface area contributed by atoms with Crippen LogP contribution in [0.25, 0.3) is 0 Å². The van der Waals surface area contributed by atoms with Gasteiger partial charge in [0.05, 0.1) is 0 Å². The van der Waals surface area contributed by atoms with E-state index in [0.717, 1.165) is 25.1 Å². The van der Waals surface area contributed by atoms with Crippen LogP contribution in [0.2, 0.25) is 0 Å². The predicted molar refractivity (Wildman–Crippen MR) is 70.4 cm³/mol. The zero-order chi connectivity index (χ0) is 13.0. The van der Waals surface area contributed by atoms with Crippen molar-refractivity contribution in [1.82, 2.24) is 4.90 Å². The number of hydrogen-bond acceptors (Lipinski definition) is 2. The summed E-state index contributed by atoms with van der Waals surface area (Å²) in [7, 11) is 0. The van der Waals surface area contributed by atoms with Gasteiger partial charge in [0.2, 0.25) is 0 Å². The Morgan fingerprint density at radius 3 is 2.67 bits per heavy atom. The average molecular weight is 246 g/mol. The first kappa shape index (κ1) is 12.6. The summed E-state index contributed by atoms with van der Waals surface area (Å²) in [6, 6.07) is 9.25. The van der Waals surface area contributed by atoms with Crippen LogP contribution in [0.15, 0.2) is 30.3 Å². The zero-order valence-electron chi connectivity index (χ0n) is 10.6. The number of Topliss-reactive ketones (excluding diaryl/α,β-unsaturated/α-hetero) is 1. The Morgan fingerprint density at radius 2 is 2.00 bits per heavy atom. The minimum absolute atomic E-state index is 0.000253. The summed E-state index contributed by atoms with van der Waals surface area (Å²) in [5.74, 6) is 0.174. The lowest BCUT2D eigenvalue weighted by molar-refractivity contribution is -0.121. The minimum Gasteiger partial charge on any atom is -0.324 e. The molecule has 1 atom stereocenters. The lowest BCUT2D eigenvalue weighted by Gasteiger charge is -2.31. The van der Waals surface area contributed by atoms with Gasteiger partial charge in [0.25, 0.3) is 0 Å². The van der Waals surface area contributed by atoms with Crippen LogP contribution >= 0.6 is 0 Å². The third-order valence-corrected chi connectivity index (χ3v) is 3.31. The number of nitrogens with one attached hydrogen (secondary N) is 1. The molecule has 0 bridgehead atoms. The zero-order valence-corrected chi connectivity index (χ0v) is 10.6. The molecular formula is C14H18N2O2. The summed E-state index contributed by atoms with van der Waals surface area (Å²) in [6.07, 6.45) is 1.79. The molecule has 2 rings (SSSR count). The van der Waals surface area contributed by atoms with Crippen molar-refractivity contribution >= 4 is 17.5 Å². The number of amides is 2. The van der Waals surface area contributed by atoms with Crippen molar-refractivity contribution in [2.75, 3.05) is 18.4 Å². The number of benzene rings is 1. The molecule has 1 N–H and O–H groups in total. The monoisotopic (exact) mass is 246 g/mol. The van der Waals surface area contributed by atoms with Crippen molar-refractivity contribution in [3.05, 3.63) is 30.3 Å². The fraction of sp³-hybridized carbons (Fsp3) is 0.429. The van der Waals surface area contributed by atoms with Crippen LogP contribution in [0.1, 0.15) is 19.8 Å². The van der Waals surface area contributed by atoms with Gasteiger partial charge in [-0.25, -0.2) is 4.79 Å². The summed E-state index contributed by atoms with van der Waals surface area (Å²) >= 11 is 0. The van der Waals surface area contributed by atoms with Crippen LogP contribution in [-0.2, 0) is 4.79 Å². The largest absolute Gasteiger partial charge is 0.324 e. The Bertz CT molecular complexity index is 431. The molecular weight excluding hydrogens is 228 g/mol. The quantitative estimate of drug-likeness (QED) is 0.871. The SMILES string of the molecule is CC(=O)C1CCCN(C(=O)Nc2ccccc2)C1. The first-order chi connectivity index (χ1) is 8.66. The van der Waals surface area contributed by atoms with Crippen molar-refractivity contribution in [2.24, 2.45) is 5.92 Å². The van der Waals surface area contributed by atoms with E-state index in [2.05, 4.69) is 5.32 Å². The Hall–Kier alpha value is -1.84. The second-order valence-corrected chi connectivity index (χ2v) is 4.69. The number of rotatable bonds is 2. The van der Waals surface area contributed by atoms with Crippen molar-refractivity contribution in [3.63, 3.8) is 0 Å². The molecule has 0 aliphatic carbocycles. The van der Waals surface area contributed by atoms with E-state index in [9.17, 15) is 9.59 Å². The summed E-state index contributed by atoms with van der Waals surface area (Å²) < 4.78 is 0. The highest BCUT2D eigenvalue weighted by Gasteiger charge is 2.26. The van der Waals surface area contributed by atoms with Gasteiger partial charge >= 0.3 is 6.03 Å². The third kappa shape index (κ3) is 3.09. The third-order valence-electron chi connectivity index (χ3n) is 3.31. The molecule has 2 amide bonds. The molecule has 4 heteroatoms. The average Bonchev–Trinajstić information content (AvgIpc) is 2.40. The van der Waals surface area contributed by atoms with Crippen molar-refractivity contribution in [2.45, 2.75) is 19.8 Å². The number of nitrogens with zero attached hydrogens (tertiary/aromatic N) is 1. The van der Waals surface area contributed by atoms with Gasteiger partial charge < -0.3 is 10.2 Å². The number of para-hydroxylation sites is 1. The van der Waals surface area contributed by atoms with Crippen molar-refractivity contribution < 1.29 is 9.59 Å². The lowest BCUT2D eigenvalue weighted by Crippen LogP contribution is -2.43. The Morgan fingerprint density at radius 1 is 1.28 bits per heavy atom. The van der Waals surface area contributed by atoms with Crippen LogP contribution in [0, 0.1) is 5.92 Å². The number of urea groups is 1. The summed E-state index contributed by atoms with van der Waals surface area (Å²) in [5.41, 5.74) is 0.785. The number of carbonyl (C=O) groups excluding carboxylic acids is 2. The van der Waals surface area contributed by atoms with Crippen LogP contribution < -0.4 is 5.32 Å². The van der Waals surface area contributed by atoms with Crippen LogP contribution in [-0.4, -0.2) is 29.8 Å². The molecule has 1 saturated heterocycles. The molecule has 1 fully saturated rings. The van der Waals surface area contributed by atoms with E-state index in [4.69, 9.17) is 0 Å². The van der Waals surface area contributed by atoms with Gasteiger partial charge in [0.1, 0.15) is 5.78 Å². The van der Waals surface area contributed by atoms with Crippen molar-refractivity contribution in [3.8, 4) is 0 Å². The van der Waals surface area contributed by atoms with Gasteiger partial charge in [-0.15, -0.1) is 0 Å². The van der Waals surface area contributed by atoms with Gasteiger partial charge in [-0.3, -0.25) is 4.79 Å².